The Morgan fingerprint density at radius 2 is 2.18 bits per heavy atom. The maximum absolute atomic E-state index is 12.0. The zero-order valence-corrected chi connectivity index (χ0v) is 11.2. The Bertz CT molecular complexity index is 311. The zero-order valence-electron chi connectivity index (χ0n) is 11.2. The van der Waals surface area contributed by atoms with Crippen LogP contribution in [-0.4, -0.2) is 22.8 Å². The minimum atomic E-state index is -0.551. The third-order valence-electron chi connectivity index (χ3n) is 4.60. The molecule has 0 amide bonds. The van der Waals surface area contributed by atoms with Gasteiger partial charge in [-0.25, -0.2) is 0 Å². The lowest BCUT2D eigenvalue weighted by molar-refractivity contribution is -0.165. The summed E-state index contributed by atoms with van der Waals surface area (Å²) in [4.78, 5) is 12.0. The van der Waals surface area contributed by atoms with Crippen molar-refractivity contribution in [2.45, 2.75) is 71.0 Å². The summed E-state index contributed by atoms with van der Waals surface area (Å²) >= 11 is 0. The Morgan fingerprint density at radius 3 is 2.76 bits per heavy atom. The molecule has 0 aromatic rings. The summed E-state index contributed by atoms with van der Waals surface area (Å²) in [6.45, 7) is 5.84. The van der Waals surface area contributed by atoms with E-state index in [1.165, 1.54) is 0 Å². The number of fused-ring (bicyclic) bond motifs is 2. The summed E-state index contributed by atoms with van der Waals surface area (Å²) in [6, 6.07) is 0. The molecule has 1 N–H and O–H groups in total. The van der Waals surface area contributed by atoms with Crippen LogP contribution in [0, 0.1) is 11.3 Å². The van der Waals surface area contributed by atoms with Gasteiger partial charge in [0.15, 0.2) is 0 Å². The molecule has 3 nitrogen and oxygen atoms in total. The molecule has 0 spiro atoms. The number of aliphatic hydroxyl groups is 1. The van der Waals surface area contributed by atoms with E-state index in [0.29, 0.717) is 12.3 Å². The van der Waals surface area contributed by atoms with Gasteiger partial charge in [-0.1, -0.05) is 6.92 Å². The molecule has 2 fully saturated rings. The van der Waals surface area contributed by atoms with Gasteiger partial charge in [0.2, 0.25) is 0 Å². The van der Waals surface area contributed by atoms with Crippen LogP contribution < -0.4 is 0 Å². The highest BCUT2D eigenvalue weighted by Crippen LogP contribution is 2.46. The van der Waals surface area contributed by atoms with Gasteiger partial charge in [0, 0.05) is 6.42 Å². The van der Waals surface area contributed by atoms with Crippen molar-refractivity contribution in [3.63, 3.8) is 0 Å². The molecule has 2 rings (SSSR count). The topological polar surface area (TPSA) is 46.5 Å². The summed E-state index contributed by atoms with van der Waals surface area (Å²) in [5.41, 5.74) is -0.955. The fourth-order valence-electron chi connectivity index (χ4n) is 3.02. The molecule has 0 aromatic heterocycles. The molecule has 98 valence electrons. The van der Waals surface area contributed by atoms with Gasteiger partial charge >= 0.3 is 5.97 Å². The van der Waals surface area contributed by atoms with Crippen LogP contribution in [0.25, 0.3) is 0 Å². The highest BCUT2D eigenvalue weighted by molar-refractivity contribution is 5.76. The molecule has 17 heavy (non-hydrogen) atoms. The number of ether oxygens (including phenoxy) is 1. The van der Waals surface area contributed by atoms with Crippen LogP contribution in [0.2, 0.25) is 0 Å². The van der Waals surface area contributed by atoms with E-state index in [0.717, 1.165) is 32.1 Å². The Balaban J connectivity index is 1.95. The van der Waals surface area contributed by atoms with Gasteiger partial charge in [-0.2, -0.15) is 0 Å². The number of rotatable bonds is 3. The van der Waals surface area contributed by atoms with Crippen LogP contribution in [0.4, 0.5) is 0 Å². The predicted octanol–water partition coefficient (Wildman–Crippen LogP) is 2.66. The van der Waals surface area contributed by atoms with Crippen molar-refractivity contribution in [3.8, 4) is 0 Å². The molecule has 2 aliphatic rings. The molecular formula is C14H24O3. The van der Waals surface area contributed by atoms with Gasteiger partial charge in [0.25, 0.3) is 0 Å². The minimum absolute atomic E-state index is 0.0698. The first-order chi connectivity index (χ1) is 7.85. The van der Waals surface area contributed by atoms with Gasteiger partial charge in [0.05, 0.1) is 11.0 Å². The van der Waals surface area contributed by atoms with Crippen LogP contribution in [0.3, 0.4) is 0 Å². The van der Waals surface area contributed by atoms with Crippen molar-refractivity contribution < 1.29 is 14.6 Å². The largest absolute Gasteiger partial charge is 0.462 e. The van der Waals surface area contributed by atoms with Gasteiger partial charge in [0.1, 0.15) is 6.10 Å². The van der Waals surface area contributed by atoms with E-state index in [1.807, 2.05) is 20.8 Å². The second-order valence-corrected chi connectivity index (χ2v) is 6.54. The lowest BCUT2D eigenvalue weighted by atomic mass is 9.83. The van der Waals surface area contributed by atoms with Crippen molar-refractivity contribution in [1.29, 1.82) is 0 Å². The SMILES string of the molecule is CCC(C)(C)C(=O)OC1CC2CCC(O)(C2)C1. The summed E-state index contributed by atoms with van der Waals surface area (Å²) in [5.74, 6) is 0.436. The Kier molecular flexibility index (Phi) is 3.23. The van der Waals surface area contributed by atoms with E-state index in [4.69, 9.17) is 4.74 Å². The second kappa shape index (κ2) is 4.27. The Hall–Kier alpha value is -0.570. The Morgan fingerprint density at radius 1 is 1.47 bits per heavy atom. The van der Waals surface area contributed by atoms with E-state index in [1.54, 1.807) is 0 Å². The Labute approximate surface area is 104 Å². The first-order valence-electron chi connectivity index (χ1n) is 6.78. The molecular weight excluding hydrogens is 216 g/mol. The molecule has 2 saturated carbocycles. The molecule has 0 aromatic carbocycles. The molecule has 0 saturated heterocycles. The average molecular weight is 240 g/mol. The number of carbonyl (C=O) groups excluding carboxylic acids is 1. The van der Waals surface area contributed by atoms with Crippen molar-refractivity contribution >= 4 is 5.97 Å². The lowest BCUT2D eigenvalue weighted by Crippen LogP contribution is -2.39. The molecule has 2 aliphatic carbocycles. The fourth-order valence-corrected chi connectivity index (χ4v) is 3.02. The molecule has 2 bridgehead atoms. The van der Waals surface area contributed by atoms with Crippen LogP contribution >= 0.6 is 0 Å². The highest BCUT2D eigenvalue weighted by Gasteiger charge is 2.46. The summed E-state index contributed by atoms with van der Waals surface area (Å²) in [6.07, 6.45) is 5.15. The van der Waals surface area contributed by atoms with Crippen LogP contribution in [0.15, 0.2) is 0 Å². The van der Waals surface area contributed by atoms with E-state index in [2.05, 4.69) is 0 Å². The van der Waals surface area contributed by atoms with Crippen molar-refractivity contribution in [2.24, 2.45) is 11.3 Å². The zero-order chi connectivity index (χ0) is 12.7. The monoisotopic (exact) mass is 240 g/mol. The predicted molar refractivity (Wildman–Crippen MR) is 65.5 cm³/mol. The number of hydrogen-bond acceptors (Lipinski definition) is 3. The third kappa shape index (κ3) is 2.65. The van der Waals surface area contributed by atoms with Crippen molar-refractivity contribution in [2.75, 3.05) is 0 Å². The van der Waals surface area contributed by atoms with Crippen LogP contribution in [0.5, 0.6) is 0 Å². The molecule has 0 aliphatic heterocycles. The van der Waals surface area contributed by atoms with Crippen molar-refractivity contribution in [1.82, 2.24) is 0 Å². The first-order valence-corrected chi connectivity index (χ1v) is 6.78. The van der Waals surface area contributed by atoms with Gasteiger partial charge in [-0.15, -0.1) is 0 Å². The van der Waals surface area contributed by atoms with Crippen LogP contribution in [-0.2, 0) is 9.53 Å². The number of carbonyl (C=O) groups is 1. The maximum Gasteiger partial charge on any atom is 0.311 e. The summed E-state index contributed by atoms with van der Waals surface area (Å²) in [7, 11) is 0. The van der Waals surface area contributed by atoms with Crippen molar-refractivity contribution in [3.05, 3.63) is 0 Å². The van der Waals surface area contributed by atoms with Gasteiger partial charge in [-0.05, 0) is 51.9 Å². The van der Waals surface area contributed by atoms with E-state index < -0.39 is 11.0 Å². The third-order valence-corrected chi connectivity index (χ3v) is 4.60. The standard InChI is InChI=1S/C14H24O3/c1-4-13(2,3)12(15)17-11-7-10-5-6-14(16,8-10)9-11/h10-11,16H,4-9H2,1-3H3. The quantitative estimate of drug-likeness (QED) is 0.771. The first kappa shape index (κ1) is 12.9. The molecule has 0 radical (unpaired) electrons. The normalized spacial score (nSPS) is 36.9. The van der Waals surface area contributed by atoms with Crippen LogP contribution in [0.1, 0.15) is 59.3 Å². The highest BCUT2D eigenvalue weighted by atomic mass is 16.5. The summed E-state index contributed by atoms with van der Waals surface area (Å²) in [5, 5.41) is 10.3. The minimum Gasteiger partial charge on any atom is -0.462 e. The lowest BCUT2D eigenvalue weighted by Gasteiger charge is -2.35. The fraction of sp³-hybridized carbons (Fsp3) is 0.929. The van der Waals surface area contributed by atoms with E-state index in [-0.39, 0.29) is 12.1 Å². The molecule has 3 unspecified atom stereocenters. The molecule has 0 heterocycles. The molecule has 3 heteroatoms. The van der Waals surface area contributed by atoms with E-state index >= 15 is 0 Å². The van der Waals surface area contributed by atoms with Gasteiger partial charge < -0.3 is 9.84 Å². The number of esters is 1. The molecule has 3 atom stereocenters. The maximum atomic E-state index is 12.0. The number of hydrogen-bond donors (Lipinski definition) is 1. The summed E-state index contributed by atoms with van der Waals surface area (Å²) < 4.78 is 5.59. The van der Waals surface area contributed by atoms with Gasteiger partial charge in [-0.3, -0.25) is 4.79 Å². The smallest absolute Gasteiger partial charge is 0.311 e. The van der Waals surface area contributed by atoms with E-state index in [9.17, 15) is 9.90 Å². The second-order valence-electron chi connectivity index (χ2n) is 6.54. The average Bonchev–Trinajstić information content (AvgIpc) is 2.52.